The molecule has 0 radical (unpaired) electrons. The molecule has 1 aromatic heterocycles. The summed E-state index contributed by atoms with van der Waals surface area (Å²) in [6.45, 7) is 1.88. The molecule has 0 bridgehead atoms. The van der Waals surface area contributed by atoms with Crippen molar-refractivity contribution in [3.63, 3.8) is 0 Å². The first-order valence-corrected chi connectivity index (χ1v) is 7.82. The number of aromatic nitrogens is 1. The summed E-state index contributed by atoms with van der Waals surface area (Å²) < 4.78 is 7.29. The van der Waals surface area contributed by atoms with E-state index < -0.39 is 0 Å². The zero-order chi connectivity index (χ0) is 17.3. The van der Waals surface area contributed by atoms with Gasteiger partial charge in [-0.25, -0.2) is 0 Å². The normalized spacial score (nSPS) is 12.3. The standard InChI is InChI=1S/C19H20N2O3/c1-13-19(16-6-4-5-7-18(16)20(13)2)17(12-21(22)23)14-8-10-15(24-3)11-9-14/h4-11,17H,12H2,1-3H3. The topological polar surface area (TPSA) is 57.3 Å². The van der Waals surface area contributed by atoms with Gasteiger partial charge in [0.1, 0.15) is 5.75 Å². The molecule has 3 rings (SSSR count). The second kappa shape index (κ2) is 6.35. The van der Waals surface area contributed by atoms with Gasteiger partial charge in [0.05, 0.1) is 13.0 Å². The molecule has 5 heteroatoms. The van der Waals surface area contributed by atoms with Gasteiger partial charge in [-0.05, 0) is 36.2 Å². The molecule has 0 aliphatic carbocycles. The first-order chi connectivity index (χ1) is 11.5. The van der Waals surface area contributed by atoms with E-state index in [9.17, 15) is 10.1 Å². The summed E-state index contributed by atoms with van der Waals surface area (Å²) in [6.07, 6.45) is 0. The minimum Gasteiger partial charge on any atom is -0.497 e. The third-order valence-corrected chi connectivity index (χ3v) is 4.65. The predicted molar refractivity (Wildman–Crippen MR) is 94.4 cm³/mol. The lowest BCUT2D eigenvalue weighted by Gasteiger charge is -2.15. The molecule has 0 fully saturated rings. The van der Waals surface area contributed by atoms with Gasteiger partial charge in [-0.3, -0.25) is 10.1 Å². The predicted octanol–water partition coefficient (Wildman–Crippen LogP) is 3.90. The smallest absolute Gasteiger partial charge is 0.214 e. The van der Waals surface area contributed by atoms with Gasteiger partial charge in [-0.2, -0.15) is 0 Å². The molecule has 5 nitrogen and oxygen atoms in total. The first kappa shape index (κ1) is 16.1. The number of hydrogen-bond acceptors (Lipinski definition) is 3. The molecule has 3 aromatic rings. The minimum absolute atomic E-state index is 0.138. The Hall–Kier alpha value is -2.82. The molecule has 1 unspecified atom stereocenters. The Balaban J connectivity index is 2.19. The molecule has 0 N–H and O–H groups in total. The van der Waals surface area contributed by atoms with Gasteiger partial charge in [0.15, 0.2) is 0 Å². The largest absolute Gasteiger partial charge is 0.497 e. The van der Waals surface area contributed by atoms with Crippen molar-refractivity contribution >= 4 is 10.9 Å². The van der Waals surface area contributed by atoms with Crippen LogP contribution in [0.25, 0.3) is 10.9 Å². The third-order valence-electron chi connectivity index (χ3n) is 4.65. The SMILES string of the molecule is COc1ccc(C(C[N+](=O)[O-])c2c(C)n(C)c3ccccc23)cc1. The number of aryl methyl sites for hydroxylation is 1. The van der Waals surface area contributed by atoms with E-state index in [0.717, 1.165) is 33.5 Å². The number of ether oxygens (including phenoxy) is 1. The molecule has 124 valence electrons. The Morgan fingerprint density at radius 3 is 2.46 bits per heavy atom. The van der Waals surface area contributed by atoms with Crippen LogP contribution in [0.1, 0.15) is 22.7 Å². The maximum absolute atomic E-state index is 11.3. The second-order valence-corrected chi connectivity index (χ2v) is 5.92. The van der Waals surface area contributed by atoms with Crippen molar-refractivity contribution in [2.75, 3.05) is 13.7 Å². The molecule has 24 heavy (non-hydrogen) atoms. The zero-order valence-electron chi connectivity index (χ0n) is 14.0. The number of hydrogen-bond donors (Lipinski definition) is 0. The van der Waals surface area contributed by atoms with E-state index in [4.69, 9.17) is 4.74 Å². The molecule has 1 atom stereocenters. The van der Waals surface area contributed by atoms with E-state index in [1.807, 2.05) is 62.5 Å². The molecule has 0 saturated heterocycles. The van der Waals surface area contributed by atoms with Crippen LogP contribution < -0.4 is 4.74 Å². The summed E-state index contributed by atoms with van der Waals surface area (Å²) in [4.78, 5) is 11.1. The summed E-state index contributed by atoms with van der Waals surface area (Å²) in [5, 5.41) is 12.4. The van der Waals surface area contributed by atoms with Crippen molar-refractivity contribution in [2.45, 2.75) is 12.8 Å². The highest BCUT2D eigenvalue weighted by Gasteiger charge is 2.26. The summed E-state index contributed by atoms with van der Waals surface area (Å²) in [7, 11) is 3.61. The monoisotopic (exact) mass is 324 g/mol. The van der Waals surface area contributed by atoms with Crippen LogP contribution >= 0.6 is 0 Å². The van der Waals surface area contributed by atoms with Crippen molar-refractivity contribution in [2.24, 2.45) is 7.05 Å². The molecular weight excluding hydrogens is 304 g/mol. The maximum Gasteiger partial charge on any atom is 0.214 e. The highest BCUT2D eigenvalue weighted by molar-refractivity contribution is 5.86. The van der Waals surface area contributed by atoms with Crippen LogP contribution in [0.5, 0.6) is 5.75 Å². The Labute approximate surface area is 140 Å². The average molecular weight is 324 g/mol. The lowest BCUT2D eigenvalue weighted by molar-refractivity contribution is -0.481. The van der Waals surface area contributed by atoms with Crippen LogP contribution in [0.3, 0.4) is 0 Å². The fourth-order valence-corrected chi connectivity index (χ4v) is 3.34. The number of fused-ring (bicyclic) bond motifs is 1. The molecule has 0 aliphatic heterocycles. The van der Waals surface area contributed by atoms with E-state index in [2.05, 4.69) is 4.57 Å². The van der Waals surface area contributed by atoms with E-state index in [1.165, 1.54) is 0 Å². The van der Waals surface area contributed by atoms with Crippen molar-refractivity contribution in [1.82, 2.24) is 4.57 Å². The number of nitrogens with zero attached hydrogens (tertiary/aromatic N) is 2. The van der Waals surface area contributed by atoms with Crippen LogP contribution in [-0.2, 0) is 7.05 Å². The molecular formula is C19H20N2O3. The Bertz CT molecular complexity index is 882. The molecule has 0 saturated carbocycles. The second-order valence-electron chi connectivity index (χ2n) is 5.92. The van der Waals surface area contributed by atoms with Crippen molar-refractivity contribution < 1.29 is 9.66 Å². The van der Waals surface area contributed by atoms with E-state index in [0.29, 0.717) is 0 Å². The van der Waals surface area contributed by atoms with Crippen molar-refractivity contribution in [3.05, 3.63) is 75.5 Å². The number of rotatable bonds is 5. The molecule has 0 aliphatic rings. The van der Waals surface area contributed by atoms with E-state index >= 15 is 0 Å². The number of methoxy groups -OCH3 is 1. The van der Waals surface area contributed by atoms with Gasteiger partial charge in [-0.15, -0.1) is 0 Å². The lowest BCUT2D eigenvalue weighted by Crippen LogP contribution is -2.15. The van der Waals surface area contributed by atoms with Gasteiger partial charge in [0, 0.05) is 28.6 Å². The first-order valence-electron chi connectivity index (χ1n) is 7.82. The van der Waals surface area contributed by atoms with Gasteiger partial charge < -0.3 is 9.30 Å². The number of para-hydroxylation sites is 1. The Morgan fingerprint density at radius 2 is 1.83 bits per heavy atom. The van der Waals surface area contributed by atoms with Crippen LogP contribution in [0.2, 0.25) is 0 Å². The third kappa shape index (κ3) is 2.73. The van der Waals surface area contributed by atoms with Crippen molar-refractivity contribution in [1.29, 1.82) is 0 Å². The van der Waals surface area contributed by atoms with Crippen LogP contribution in [0.4, 0.5) is 0 Å². The van der Waals surface area contributed by atoms with Gasteiger partial charge in [0.2, 0.25) is 6.54 Å². The average Bonchev–Trinajstić information content (AvgIpc) is 2.84. The van der Waals surface area contributed by atoms with Gasteiger partial charge >= 0.3 is 0 Å². The Morgan fingerprint density at radius 1 is 1.17 bits per heavy atom. The fourth-order valence-electron chi connectivity index (χ4n) is 3.34. The van der Waals surface area contributed by atoms with Gasteiger partial charge in [-0.1, -0.05) is 30.3 Å². The van der Waals surface area contributed by atoms with Crippen molar-refractivity contribution in [3.8, 4) is 5.75 Å². The van der Waals surface area contributed by atoms with Crippen LogP contribution in [0, 0.1) is 17.0 Å². The lowest BCUT2D eigenvalue weighted by atomic mass is 9.89. The summed E-state index contributed by atoms with van der Waals surface area (Å²) in [6, 6.07) is 15.6. The Kier molecular flexibility index (Phi) is 4.25. The van der Waals surface area contributed by atoms with E-state index in [-0.39, 0.29) is 17.4 Å². The summed E-state index contributed by atoms with van der Waals surface area (Å²) >= 11 is 0. The van der Waals surface area contributed by atoms with Crippen LogP contribution in [0.15, 0.2) is 48.5 Å². The summed E-state index contributed by atoms with van der Waals surface area (Å²) in [5.41, 5.74) is 4.09. The molecule has 1 heterocycles. The fraction of sp³-hybridized carbons (Fsp3) is 0.263. The molecule has 0 amide bonds. The molecule has 2 aromatic carbocycles. The highest BCUT2D eigenvalue weighted by atomic mass is 16.6. The minimum atomic E-state index is -0.294. The highest BCUT2D eigenvalue weighted by Crippen LogP contribution is 2.35. The number of nitro groups is 1. The quantitative estimate of drug-likeness (QED) is 0.528. The van der Waals surface area contributed by atoms with E-state index in [1.54, 1.807) is 7.11 Å². The number of benzene rings is 2. The molecule has 0 spiro atoms. The zero-order valence-corrected chi connectivity index (χ0v) is 14.0. The van der Waals surface area contributed by atoms with Gasteiger partial charge in [0.25, 0.3) is 0 Å². The maximum atomic E-state index is 11.3. The van der Waals surface area contributed by atoms with Crippen LogP contribution in [-0.4, -0.2) is 23.1 Å². The summed E-state index contributed by atoms with van der Waals surface area (Å²) in [5.74, 6) is 0.449.